The van der Waals surface area contributed by atoms with Gasteiger partial charge in [-0.1, -0.05) is 19.0 Å². The van der Waals surface area contributed by atoms with Crippen LogP contribution in [0.25, 0.3) is 0 Å². The third kappa shape index (κ3) is 1.63. The molecule has 1 N–H and O–H groups in total. The van der Waals surface area contributed by atoms with Crippen LogP contribution in [-0.2, 0) is 0 Å². The fraction of sp³-hybridized carbons (Fsp3) is 0.571. The molecular formula is C7H11N3O. The van der Waals surface area contributed by atoms with Gasteiger partial charge in [0.05, 0.1) is 0 Å². The zero-order valence-electron chi connectivity index (χ0n) is 6.61. The van der Waals surface area contributed by atoms with E-state index in [1.54, 1.807) is 12.4 Å². The number of nitrogens with one attached hydrogen (secondary N) is 1. The number of imidazole rings is 1. The lowest BCUT2D eigenvalue weighted by Gasteiger charge is -2.08. The number of aromatic amines is 1. The number of hydrogen-bond acceptors (Lipinski definition) is 3. The lowest BCUT2D eigenvalue weighted by Crippen LogP contribution is -2.04. The van der Waals surface area contributed by atoms with Crippen molar-refractivity contribution in [3.8, 4) is 0 Å². The van der Waals surface area contributed by atoms with Crippen LogP contribution in [-0.4, -0.2) is 9.97 Å². The molecule has 0 aliphatic carbocycles. The Morgan fingerprint density at radius 2 is 2.36 bits per heavy atom. The van der Waals surface area contributed by atoms with Gasteiger partial charge < -0.3 is 4.98 Å². The summed E-state index contributed by atoms with van der Waals surface area (Å²) in [4.78, 5) is 17.2. The van der Waals surface area contributed by atoms with E-state index >= 15 is 0 Å². The average molecular weight is 153 g/mol. The maximum atomic E-state index is 10.3. The summed E-state index contributed by atoms with van der Waals surface area (Å²) in [5.74, 6) is 0.841. The Hall–Kier alpha value is -1.19. The van der Waals surface area contributed by atoms with Crippen LogP contribution in [0.15, 0.2) is 17.6 Å². The number of aromatic nitrogens is 2. The van der Waals surface area contributed by atoms with Crippen molar-refractivity contribution >= 4 is 0 Å². The first-order valence-electron chi connectivity index (χ1n) is 3.57. The minimum atomic E-state index is -0.343. The lowest BCUT2D eigenvalue weighted by molar-refractivity contribution is 0.493. The van der Waals surface area contributed by atoms with Gasteiger partial charge in [-0.05, 0) is 5.92 Å². The third-order valence-corrected chi connectivity index (χ3v) is 1.54. The van der Waals surface area contributed by atoms with E-state index in [1.807, 2.05) is 13.8 Å². The maximum absolute atomic E-state index is 10.3. The second-order valence-electron chi connectivity index (χ2n) is 2.77. The summed E-state index contributed by atoms with van der Waals surface area (Å²) in [5, 5.41) is 2.99. The van der Waals surface area contributed by atoms with Crippen molar-refractivity contribution in [2.45, 2.75) is 19.9 Å². The van der Waals surface area contributed by atoms with Gasteiger partial charge in [0.25, 0.3) is 0 Å². The minimum Gasteiger partial charge on any atom is -0.347 e. The number of hydrogen-bond donors (Lipinski definition) is 1. The lowest BCUT2D eigenvalue weighted by atomic mass is 10.1. The number of H-pyrrole nitrogens is 1. The van der Waals surface area contributed by atoms with Crippen LogP contribution in [0.1, 0.15) is 25.7 Å². The second kappa shape index (κ2) is 3.27. The number of nitroso groups, excluding NO2 is 1. The Morgan fingerprint density at radius 1 is 1.64 bits per heavy atom. The highest BCUT2D eigenvalue weighted by Gasteiger charge is 2.17. The first-order valence-corrected chi connectivity index (χ1v) is 3.57. The van der Waals surface area contributed by atoms with Gasteiger partial charge in [-0.2, -0.15) is 4.91 Å². The Morgan fingerprint density at radius 3 is 2.73 bits per heavy atom. The van der Waals surface area contributed by atoms with E-state index in [4.69, 9.17) is 0 Å². The van der Waals surface area contributed by atoms with Crippen molar-refractivity contribution in [2.75, 3.05) is 0 Å². The highest BCUT2D eigenvalue weighted by molar-refractivity contribution is 4.96. The molecule has 0 bridgehead atoms. The molecule has 0 aliphatic heterocycles. The molecule has 0 aromatic carbocycles. The van der Waals surface area contributed by atoms with Crippen molar-refractivity contribution in [3.05, 3.63) is 23.1 Å². The van der Waals surface area contributed by atoms with E-state index in [0.717, 1.165) is 0 Å². The first-order chi connectivity index (χ1) is 5.25. The molecule has 1 heterocycles. The molecule has 1 atom stereocenters. The van der Waals surface area contributed by atoms with Gasteiger partial charge in [0.15, 0.2) is 6.04 Å². The van der Waals surface area contributed by atoms with Gasteiger partial charge in [-0.3, -0.25) is 0 Å². The van der Waals surface area contributed by atoms with E-state index in [1.165, 1.54) is 0 Å². The molecule has 1 aromatic heterocycles. The van der Waals surface area contributed by atoms with Crippen molar-refractivity contribution in [2.24, 2.45) is 11.1 Å². The highest BCUT2D eigenvalue weighted by Crippen LogP contribution is 2.21. The molecule has 1 unspecified atom stereocenters. The van der Waals surface area contributed by atoms with Gasteiger partial charge in [0.2, 0.25) is 0 Å². The van der Waals surface area contributed by atoms with Gasteiger partial charge >= 0.3 is 0 Å². The van der Waals surface area contributed by atoms with E-state index in [9.17, 15) is 4.91 Å². The molecule has 0 saturated carbocycles. The summed E-state index contributed by atoms with van der Waals surface area (Å²) >= 11 is 0. The summed E-state index contributed by atoms with van der Waals surface area (Å²) in [6, 6.07) is -0.343. The Bertz CT molecular complexity index is 218. The van der Waals surface area contributed by atoms with Gasteiger partial charge in [-0.25, -0.2) is 4.98 Å². The Labute approximate surface area is 65.0 Å². The predicted octanol–water partition coefficient (Wildman–Crippen LogP) is 1.87. The second-order valence-corrected chi connectivity index (χ2v) is 2.77. The quantitative estimate of drug-likeness (QED) is 0.674. The van der Waals surface area contributed by atoms with Crippen LogP contribution in [0.3, 0.4) is 0 Å². The SMILES string of the molecule is CC(C)C(N=O)c1ncc[nH]1. The maximum Gasteiger partial charge on any atom is 0.152 e. The summed E-state index contributed by atoms with van der Waals surface area (Å²) in [7, 11) is 0. The fourth-order valence-corrected chi connectivity index (χ4v) is 0.927. The van der Waals surface area contributed by atoms with Crippen molar-refractivity contribution in [1.82, 2.24) is 9.97 Å². The first kappa shape index (κ1) is 7.91. The molecule has 60 valence electrons. The van der Waals surface area contributed by atoms with Gasteiger partial charge in [0.1, 0.15) is 5.82 Å². The van der Waals surface area contributed by atoms with Crippen LogP contribution < -0.4 is 0 Å². The molecule has 0 spiro atoms. The minimum absolute atomic E-state index is 0.193. The average Bonchev–Trinajstić information content (AvgIpc) is 2.40. The van der Waals surface area contributed by atoms with Crippen LogP contribution >= 0.6 is 0 Å². The van der Waals surface area contributed by atoms with Crippen molar-refractivity contribution in [3.63, 3.8) is 0 Å². The monoisotopic (exact) mass is 153 g/mol. The standard InChI is InChI=1S/C7H11N3O/c1-5(2)6(10-11)7-8-3-4-9-7/h3-6H,1-2H3,(H,8,9). The molecule has 1 rings (SSSR count). The van der Waals surface area contributed by atoms with Gasteiger partial charge in [-0.15, -0.1) is 0 Å². The summed E-state index contributed by atoms with van der Waals surface area (Å²) < 4.78 is 0. The van der Waals surface area contributed by atoms with E-state index in [2.05, 4.69) is 15.1 Å². The normalized spacial score (nSPS) is 13.4. The molecule has 0 aliphatic rings. The number of nitrogens with zero attached hydrogens (tertiary/aromatic N) is 2. The topological polar surface area (TPSA) is 58.1 Å². The van der Waals surface area contributed by atoms with E-state index in [0.29, 0.717) is 5.82 Å². The molecule has 4 heteroatoms. The Kier molecular flexibility index (Phi) is 2.36. The molecular weight excluding hydrogens is 142 g/mol. The van der Waals surface area contributed by atoms with Crippen LogP contribution in [0, 0.1) is 10.8 Å². The smallest absolute Gasteiger partial charge is 0.152 e. The molecule has 4 nitrogen and oxygen atoms in total. The zero-order valence-corrected chi connectivity index (χ0v) is 6.61. The zero-order chi connectivity index (χ0) is 8.27. The van der Waals surface area contributed by atoms with E-state index in [-0.39, 0.29) is 12.0 Å². The third-order valence-electron chi connectivity index (χ3n) is 1.54. The summed E-state index contributed by atoms with van der Waals surface area (Å²) in [6.45, 7) is 3.88. The van der Waals surface area contributed by atoms with Crippen molar-refractivity contribution in [1.29, 1.82) is 0 Å². The molecule has 0 saturated heterocycles. The molecule has 0 radical (unpaired) electrons. The van der Waals surface area contributed by atoms with Crippen LogP contribution in [0.5, 0.6) is 0 Å². The van der Waals surface area contributed by atoms with Crippen molar-refractivity contribution < 1.29 is 0 Å². The number of rotatable bonds is 3. The fourth-order valence-electron chi connectivity index (χ4n) is 0.927. The summed E-state index contributed by atoms with van der Waals surface area (Å²) in [5.41, 5.74) is 0. The van der Waals surface area contributed by atoms with E-state index < -0.39 is 0 Å². The largest absolute Gasteiger partial charge is 0.347 e. The molecule has 11 heavy (non-hydrogen) atoms. The predicted molar refractivity (Wildman–Crippen MR) is 42.0 cm³/mol. The molecule has 0 fully saturated rings. The van der Waals surface area contributed by atoms with Crippen LogP contribution in [0.2, 0.25) is 0 Å². The highest BCUT2D eigenvalue weighted by atomic mass is 16.3. The molecule has 1 aromatic rings. The van der Waals surface area contributed by atoms with Crippen LogP contribution in [0.4, 0.5) is 0 Å². The summed E-state index contributed by atoms with van der Waals surface area (Å²) in [6.07, 6.45) is 3.31. The molecule has 0 amide bonds. The Balaban J connectivity index is 2.79. The van der Waals surface area contributed by atoms with Gasteiger partial charge in [0, 0.05) is 12.4 Å².